The first kappa shape index (κ1) is 17.8. The van der Waals surface area contributed by atoms with Crippen molar-refractivity contribution >= 4 is 34.3 Å². The van der Waals surface area contributed by atoms with Crippen molar-refractivity contribution in [1.82, 2.24) is 9.97 Å². The number of benzene rings is 1. The van der Waals surface area contributed by atoms with Crippen molar-refractivity contribution in [3.05, 3.63) is 68.2 Å². The minimum atomic E-state index is -0.459. The molecule has 0 fully saturated rings. The molecule has 2 heterocycles. The fraction of sp³-hybridized carbons (Fsp3) is 0.222. The molecule has 0 spiro atoms. The quantitative estimate of drug-likeness (QED) is 0.472. The molecule has 0 radical (unpaired) electrons. The molecule has 0 atom stereocenters. The van der Waals surface area contributed by atoms with Crippen LogP contribution in [0.4, 0.5) is 23.0 Å². The van der Waals surface area contributed by atoms with Gasteiger partial charge in [0.1, 0.15) is 6.33 Å². The Kier molecular flexibility index (Phi) is 5.43. The van der Waals surface area contributed by atoms with Crippen LogP contribution in [-0.2, 0) is 6.42 Å². The number of rotatable bonds is 7. The second kappa shape index (κ2) is 7.92. The summed E-state index contributed by atoms with van der Waals surface area (Å²) in [6.07, 6.45) is 2.10. The predicted octanol–water partition coefficient (Wildman–Crippen LogP) is 4.46. The van der Waals surface area contributed by atoms with Crippen molar-refractivity contribution in [2.24, 2.45) is 0 Å². The number of anilines is 3. The highest BCUT2D eigenvalue weighted by molar-refractivity contribution is 7.09. The molecule has 8 heteroatoms. The van der Waals surface area contributed by atoms with E-state index in [2.05, 4.69) is 20.6 Å². The molecule has 0 aliphatic heterocycles. The average molecular weight is 369 g/mol. The molecule has 2 N–H and O–H groups in total. The van der Waals surface area contributed by atoms with Crippen molar-refractivity contribution in [1.29, 1.82) is 0 Å². The largest absolute Gasteiger partial charge is 0.364 e. The molecule has 3 aromatic rings. The Labute approximate surface area is 155 Å². The van der Waals surface area contributed by atoms with Crippen LogP contribution >= 0.6 is 11.3 Å². The molecule has 0 amide bonds. The molecule has 0 aliphatic rings. The van der Waals surface area contributed by atoms with Gasteiger partial charge in [-0.05, 0) is 43.3 Å². The fourth-order valence-electron chi connectivity index (χ4n) is 2.61. The van der Waals surface area contributed by atoms with Crippen LogP contribution in [0.15, 0.2) is 42.0 Å². The summed E-state index contributed by atoms with van der Waals surface area (Å²) in [4.78, 5) is 20.5. The Hall–Kier alpha value is -3.00. The Balaban J connectivity index is 1.82. The summed E-state index contributed by atoms with van der Waals surface area (Å²) < 4.78 is 0. The fourth-order valence-corrected chi connectivity index (χ4v) is 3.32. The van der Waals surface area contributed by atoms with Crippen molar-refractivity contribution in [3.8, 4) is 0 Å². The Morgan fingerprint density at radius 1 is 1.19 bits per heavy atom. The Morgan fingerprint density at radius 2 is 2.00 bits per heavy atom. The van der Waals surface area contributed by atoms with Crippen molar-refractivity contribution in [3.63, 3.8) is 0 Å². The standard InChI is InChI=1S/C18H19N5O2S/c1-12-5-6-15(13(2)10-12)22-18-16(23(24)25)17(20-11-21-18)19-8-7-14-4-3-9-26-14/h3-6,9-11H,7-8H2,1-2H3,(H2,19,20,21,22). The maximum absolute atomic E-state index is 11.6. The number of thiophene rings is 1. The monoisotopic (exact) mass is 369 g/mol. The van der Waals surface area contributed by atoms with Gasteiger partial charge < -0.3 is 10.6 Å². The third kappa shape index (κ3) is 4.15. The first-order valence-corrected chi connectivity index (χ1v) is 9.02. The molecule has 0 aliphatic carbocycles. The van der Waals surface area contributed by atoms with Gasteiger partial charge >= 0.3 is 5.69 Å². The van der Waals surface area contributed by atoms with E-state index >= 15 is 0 Å². The van der Waals surface area contributed by atoms with Crippen LogP contribution in [0.1, 0.15) is 16.0 Å². The summed E-state index contributed by atoms with van der Waals surface area (Å²) in [5, 5.41) is 19.7. The first-order chi connectivity index (χ1) is 12.5. The highest BCUT2D eigenvalue weighted by Gasteiger charge is 2.23. The molecule has 0 saturated heterocycles. The SMILES string of the molecule is Cc1ccc(Nc2ncnc(NCCc3cccs3)c2[N+](=O)[O-])c(C)c1. The van der Waals surface area contributed by atoms with E-state index in [1.807, 2.05) is 49.6 Å². The topological polar surface area (TPSA) is 93.0 Å². The lowest BCUT2D eigenvalue weighted by molar-refractivity contribution is -0.383. The predicted molar refractivity (Wildman–Crippen MR) is 104 cm³/mol. The number of aryl methyl sites for hydroxylation is 2. The van der Waals surface area contributed by atoms with E-state index in [-0.39, 0.29) is 17.3 Å². The van der Waals surface area contributed by atoms with Gasteiger partial charge in [-0.3, -0.25) is 10.1 Å². The highest BCUT2D eigenvalue weighted by atomic mass is 32.1. The zero-order valence-electron chi connectivity index (χ0n) is 14.5. The molecular formula is C18H19N5O2S. The Bertz CT molecular complexity index is 912. The summed E-state index contributed by atoms with van der Waals surface area (Å²) in [5.74, 6) is 0.393. The van der Waals surface area contributed by atoms with Crippen LogP contribution in [0.25, 0.3) is 0 Å². The number of nitrogens with zero attached hydrogens (tertiary/aromatic N) is 3. The van der Waals surface area contributed by atoms with Crippen LogP contribution in [0.3, 0.4) is 0 Å². The van der Waals surface area contributed by atoms with Gasteiger partial charge in [-0.2, -0.15) is 0 Å². The molecule has 3 rings (SSSR count). The Morgan fingerprint density at radius 3 is 2.69 bits per heavy atom. The third-order valence-electron chi connectivity index (χ3n) is 3.88. The maximum atomic E-state index is 11.6. The van der Waals surface area contributed by atoms with Crippen molar-refractivity contribution < 1.29 is 4.92 Å². The number of aromatic nitrogens is 2. The molecular weight excluding hydrogens is 350 g/mol. The molecule has 0 bridgehead atoms. The van der Waals surface area contributed by atoms with Crippen LogP contribution in [0, 0.1) is 24.0 Å². The summed E-state index contributed by atoms with van der Waals surface area (Å²) in [6, 6.07) is 9.87. The van der Waals surface area contributed by atoms with Crippen LogP contribution < -0.4 is 10.6 Å². The molecule has 0 saturated carbocycles. The molecule has 0 unspecified atom stereocenters. The summed E-state index contributed by atoms with van der Waals surface area (Å²) in [5.41, 5.74) is 2.74. The normalized spacial score (nSPS) is 10.5. The zero-order valence-corrected chi connectivity index (χ0v) is 15.3. The van der Waals surface area contributed by atoms with E-state index in [9.17, 15) is 10.1 Å². The van der Waals surface area contributed by atoms with E-state index < -0.39 is 4.92 Å². The average Bonchev–Trinajstić information content (AvgIpc) is 3.11. The molecule has 2 aromatic heterocycles. The van der Waals surface area contributed by atoms with Crippen LogP contribution in [0.2, 0.25) is 0 Å². The van der Waals surface area contributed by atoms with Gasteiger partial charge in [0.15, 0.2) is 0 Å². The van der Waals surface area contributed by atoms with E-state index in [1.54, 1.807) is 11.3 Å². The number of nitro groups is 1. The van der Waals surface area contributed by atoms with Gasteiger partial charge in [0.25, 0.3) is 0 Å². The zero-order chi connectivity index (χ0) is 18.5. The first-order valence-electron chi connectivity index (χ1n) is 8.14. The second-order valence-electron chi connectivity index (χ2n) is 5.88. The van der Waals surface area contributed by atoms with Gasteiger partial charge in [-0.1, -0.05) is 23.8 Å². The van der Waals surface area contributed by atoms with Crippen molar-refractivity contribution in [2.45, 2.75) is 20.3 Å². The smallest absolute Gasteiger partial charge is 0.353 e. The third-order valence-corrected chi connectivity index (χ3v) is 4.82. The molecule has 134 valence electrons. The lowest BCUT2D eigenvalue weighted by Crippen LogP contribution is -2.10. The number of nitrogens with one attached hydrogen (secondary N) is 2. The highest BCUT2D eigenvalue weighted by Crippen LogP contribution is 2.32. The second-order valence-corrected chi connectivity index (χ2v) is 6.91. The van der Waals surface area contributed by atoms with Gasteiger partial charge in [-0.15, -0.1) is 11.3 Å². The van der Waals surface area contributed by atoms with Gasteiger partial charge in [0.05, 0.1) is 4.92 Å². The van der Waals surface area contributed by atoms with Crippen LogP contribution in [-0.4, -0.2) is 21.4 Å². The van der Waals surface area contributed by atoms with Crippen LogP contribution in [0.5, 0.6) is 0 Å². The van der Waals surface area contributed by atoms with Gasteiger partial charge in [0.2, 0.25) is 11.6 Å². The lowest BCUT2D eigenvalue weighted by atomic mass is 10.1. The minimum Gasteiger partial charge on any atom is -0.364 e. The maximum Gasteiger partial charge on any atom is 0.353 e. The lowest BCUT2D eigenvalue weighted by Gasteiger charge is -2.12. The number of hydrogen-bond acceptors (Lipinski definition) is 7. The molecule has 1 aromatic carbocycles. The summed E-state index contributed by atoms with van der Waals surface area (Å²) in [7, 11) is 0. The van der Waals surface area contributed by atoms with E-state index in [4.69, 9.17) is 0 Å². The van der Waals surface area contributed by atoms with Gasteiger partial charge in [0, 0.05) is 17.1 Å². The summed E-state index contributed by atoms with van der Waals surface area (Å²) >= 11 is 1.66. The van der Waals surface area contributed by atoms with Crippen molar-refractivity contribution in [2.75, 3.05) is 17.2 Å². The van der Waals surface area contributed by atoms with E-state index in [0.717, 1.165) is 23.2 Å². The number of hydrogen-bond donors (Lipinski definition) is 2. The van der Waals surface area contributed by atoms with Gasteiger partial charge in [-0.25, -0.2) is 9.97 Å². The minimum absolute atomic E-state index is 0.154. The van der Waals surface area contributed by atoms with E-state index in [1.165, 1.54) is 11.2 Å². The molecule has 26 heavy (non-hydrogen) atoms. The molecule has 7 nitrogen and oxygen atoms in total. The summed E-state index contributed by atoms with van der Waals surface area (Å²) in [6.45, 7) is 4.50. The van der Waals surface area contributed by atoms with E-state index in [0.29, 0.717) is 6.54 Å².